The first kappa shape index (κ1) is 33.6. The second kappa shape index (κ2) is 14.5. The van der Waals surface area contributed by atoms with Crippen LogP contribution in [-0.2, 0) is 6.42 Å². The fourth-order valence-corrected chi connectivity index (χ4v) is 6.75. The molecule has 0 aliphatic carbocycles. The highest BCUT2D eigenvalue weighted by molar-refractivity contribution is 6.33. The van der Waals surface area contributed by atoms with Crippen molar-refractivity contribution in [1.82, 2.24) is 0 Å². The fourth-order valence-electron chi connectivity index (χ4n) is 6.56. The Labute approximate surface area is 292 Å². The third kappa shape index (κ3) is 6.72. The minimum atomic E-state index is -1.02. The first-order valence-electron chi connectivity index (χ1n) is 16.8. The molecule has 1 aliphatic heterocycles. The molecule has 2 N–H and O–H groups in total. The van der Waals surface area contributed by atoms with Gasteiger partial charge in [-0.25, -0.2) is 4.79 Å². The smallest absolute Gasteiger partial charge is 0.335 e. The first-order valence-corrected chi connectivity index (χ1v) is 17.1. The molecule has 0 radical (unpaired) electrons. The molecule has 0 bridgehead atoms. The van der Waals surface area contributed by atoms with Gasteiger partial charge in [-0.3, -0.25) is 4.79 Å². The fraction of sp³-hybridized carbons (Fsp3) is 0.220. The van der Waals surface area contributed by atoms with Crippen molar-refractivity contribution in [2.75, 3.05) is 41.3 Å². The Bertz CT molecular complexity index is 2020. The molecule has 250 valence electrons. The molecule has 5 aromatic rings. The van der Waals surface area contributed by atoms with Gasteiger partial charge >= 0.3 is 5.97 Å². The number of fused-ring (bicyclic) bond motifs is 2. The number of benzene rings is 5. The van der Waals surface area contributed by atoms with Crippen molar-refractivity contribution < 1.29 is 19.4 Å². The van der Waals surface area contributed by atoms with Crippen molar-refractivity contribution in [3.63, 3.8) is 0 Å². The van der Waals surface area contributed by atoms with Crippen molar-refractivity contribution in [2.45, 2.75) is 34.1 Å². The van der Waals surface area contributed by atoms with Crippen LogP contribution in [0.2, 0.25) is 5.02 Å². The highest BCUT2D eigenvalue weighted by Crippen LogP contribution is 2.47. The van der Waals surface area contributed by atoms with E-state index in [1.54, 1.807) is 12.1 Å². The van der Waals surface area contributed by atoms with Gasteiger partial charge in [0.2, 0.25) is 0 Å². The summed E-state index contributed by atoms with van der Waals surface area (Å²) in [5.41, 5.74) is 9.09. The number of anilines is 4. The monoisotopic (exact) mass is 673 g/mol. The number of para-hydroxylation sites is 1. The average Bonchev–Trinajstić information content (AvgIpc) is 3.12. The van der Waals surface area contributed by atoms with Crippen LogP contribution >= 0.6 is 11.6 Å². The Morgan fingerprint density at radius 2 is 1.43 bits per heavy atom. The zero-order chi connectivity index (χ0) is 34.7. The van der Waals surface area contributed by atoms with Crippen molar-refractivity contribution in [3.8, 4) is 22.6 Å². The number of carbonyl (C=O) groups excluding carboxylic acids is 1. The van der Waals surface area contributed by atoms with Gasteiger partial charge in [-0.1, -0.05) is 48.0 Å². The van der Waals surface area contributed by atoms with E-state index in [9.17, 15) is 14.7 Å². The molecular weight excluding hydrogens is 634 g/mol. The second-order valence-corrected chi connectivity index (χ2v) is 12.3. The number of ketones is 1. The number of rotatable bonds is 12. The van der Waals surface area contributed by atoms with E-state index in [-0.39, 0.29) is 11.3 Å². The van der Waals surface area contributed by atoms with Gasteiger partial charge in [0, 0.05) is 78.0 Å². The van der Waals surface area contributed by atoms with Crippen LogP contribution in [0.25, 0.3) is 11.1 Å². The van der Waals surface area contributed by atoms with E-state index in [1.807, 2.05) is 48.5 Å². The van der Waals surface area contributed by atoms with E-state index in [0.717, 1.165) is 82.7 Å². The number of hydrogen-bond acceptors (Lipinski definition) is 6. The van der Waals surface area contributed by atoms with Gasteiger partial charge in [0.15, 0.2) is 5.78 Å². The summed E-state index contributed by atoms with van der Waals surface area (Å²) in [6.45, 7) is 11.6. The van der Waals surface area contributed by atoms with Crippen LogP contribution in [0.1, 0.15) is 65.1 Å². The van der Waals surface area contributed by atoms with Gasteiger partial charge in [-0.2, -0.15) is 0 Å². The molecule has 0 spiro atoms. The predicted octanol–water partition coefficient (Wildman–Crippen LogP) is 10.1. The van der Waals surface area contributed by atoms with E-state index in [4.69, 9.17) is 16.3 Å². The number of hydrogen-bond donors (Lipinski definition) is 2. The van der Waals surface area contributed by atoms with Crippen molar-refractivity contribution >= 4 is 46.1 Å². The van der Waals surface area contributed by atoms with Crippen LogP contribution in [-0.4, -0.2) is 43.0 Å². The lowest BCUT2D eigenvalue weighted by molar-refractivity contribution is 0.0696. The Morgan fingerprint density at radius 1 is 0.755 bits per heavy atom. The van der Waals surface area contributed by atoms with Gasteiger partial charge in [0.25, 0.3) is 0 Å². The van der Waals surface area contributed by atoms with Gasteiger partial charge in [-0.15, -0.1) is 0 Å². The normalized spacial score (nSPS) is 11.6. The minimum Gasteiger partial charge on any atom is -0.478 e. The number of nitrogens with one attached hydrogen (secondary N) is 1. The quantitative estimate of drug-likeness (QED) is 0.125. The van der Waals surface area contributed by atoms with E-state index in [2.05, 4.69) is 67.1 Å². The topological polar surface area (TPSA) is 82.1 Å². The molecule has 1 heterocycles. The molecule has 0 fully saturated rings. The van der Waals surface area contributed by atoms with Gasteiger partial charge in [0.05, 0.1) is 16.3 Å². The molecule has 5 aromatic carbocycles. The van der Waals surface area contributed by atoms with Gasteiger partial charge in [-0.05, 0) is 93.4 Å². The predicted molar refractivity (Wildman–Crippen MR) is 200 cm³/mol. The first-order chi connectivity index (χ1) is 23.8. The van der Waals surface area contributed by atoms with E-state index >= 15 is 0 Å². The molecular formula is C41H40ClN3O4. The number of nitrogens with zero attached hydrogens (tertiary/aromatic N) is 2. The summed E-state index contributed by atoms with van der Waals surface area (Å²) in [5.74, 6) is 0.423. The Hall–Kier alpha value is -5.27. The number of ether oxygens (including phenoxy) is 1. The standard InChI is InChI=1S/C41H40ClN3O4/c1-5-44(6-2)35-21-22-37-32(23-28-17-19-30(25-38(28)49-37)43-34-12-10-9-11-33(34)42)39(35)29-18-20-31(36(24-29)45(7-3)8-4)40(46)26-13-15-27(16-14-26)41(47)48/h9-22,24-25,43H,5-8,23H2,1-4H3,(H,47,48). The number of carbonyl (C=O) groups is 2. The van der Waals surface area contributed by atoms with Crippen LogP contribution < -0.4 is 19.9 Å². The molecule has 0 saturated carbocycles. The maximum atomic E-state index is 13.9. The number of aromatic carboxylic acids is 1. The molecule has 0 amide bonds. The summed E-state index contributed by atoms with van der Waals surface area (Å²) in [6.07, 6.45) is 0.679. The third-order valence-electron chi connectivity index (χ3n) is 9.19. The highest BCUT2D eigenvalue weighted by Gasteiger charge is 2.27. The average molecular weight is 674 g/mol. The zero-order valence-electron chi connectivity index (χ0n) is 28.2. The van der Waals surface area contributed by atoms with Crippen molar-refractivity contribution in [1.29, 1.82) is 0 Å². The Balaban J connectivity index is 1.44. The lowest BCUT2D eigenvalue weighted by Gasteiger charge is -2.31. The van der Waals surface area contributed by atoms with E-state index < -0.39 is 5.97 Å². The zero-order valence-corrected chi connectivity index (χ0v) is 29.0. The number of carboxylic acids is 1. The SMILES string of the molecule is CCN(CC)c1cc(-c2c(N(CC)CC)ccc3c2Cc2ccc(Nc4ccccc4Cl)cc2O3)ccc1C(=O)c1ccc(C(=O)O)cc1. The Morgan fingerprint density at radius 3 is 2.10 bits per heavy atom. The lowest BCUT2D eigenvalue weighted by Crippen LogP contribution is -2.25. The van der Waals surface area contributed by atoms with Crippen LogP contribution in [0.3, 0.4) is 0 Å². The molecule has 0 atom stereocenters. The summed E-state index contributed by atoms with van der Waals surface area (Å²) in [5, 5.41) is 13.4. The minimum absolute atomic E-state index is 0.144. The van der Waals surface area contributed by atoms with Crippen molar-refractivity contribution in [2.24, 2.45) is 0 Å². The van der Waals surface area contributed by atoms with Crippen LogP contribution in [0.4, 0.5) is 22.7 Å². The van der Waals surface area contributed by atoms with Gasteiger partial charge < -0.3 is 25.0 Å². The maximum absolute atomic E-state index is 13.9. The summed E-state index contributed by atoms with van der Waals surface area (Å²) in [6, 6.07) is 30.2. The molecule has 7 nitrogen and oxygen atoms in total. The summed E-state index contributed by atoms with van der Waals surface area (Å²) >= 11 is 6.41. The van der Waals surface area contributed by atoms with E-state index in [0.29, 0.717) is 22.6 Å². The molecule has 0 saturated heterocycles. The molecule has 1 aliphatic rings. The maximum Gasteiger partial charge on any atom is 0.335 e. The summed E-state index contributed by atoms with van der Waals surface area (Å²) in [7, 11) is 0. The highest BCUT2D eigenvalue weighted by atomic mass is 35.5. The van der Waals surface area contributed by atoms with Gasteiger partial charge in [0.1, 0.15) is 11.5 Å². The third-order valence-corrected chi connectivity index (χ3v) is 9.52. The van der Waals surface area contributed by atoms with Crippen LogP contribution in [0.5, 0.6) is 11.5 Å². The van der Waals surface area contributed by atoms with Crippen LogP contribution in [0.15, 0.2) is 97.1 Å². The molecule has 0 aromatic heterocycles. The Kier molecular flexibility index (Phi) is 9.92. The van der Waals surface area contributed by atoms with Crippen LogP contribution in [0, 0.1) is 0 Å². The largest absolute Gasteiger partial charge is 0.478 e. The molecule has 0 unspecified atom stereocenters. The summed E-state index contributed by atoms with van der Waals surface area (Å²) < 4.78 is 6.62. The molecule has 49 heavy (non-hydrogen) atoms. The molecule has 8 heteroatoms. The number of carboxylic acid groups (broad SMARTS) is 1. The second-order valence-electron chi connectivity index (χ2n) is 11.9. The van der Waals surface area contributed by atoms with E-state index in [1.165, 1.54) is 12.1 Å². The van der Waals surface area contributed by atoms with Crippen molar-refractivity contribution in [3.05, 3.63) is 130 Å². The molecule has 6 rings (SSSR count). The number of halogens is 1. The summed E-state index contributed by atoms with van der Waals surface area (Å²) in [4.78, 5) is 29.9. The lowest BCUT2D eigenvalue weighted by atomic mass is 9.88.